The van der Waals surface area contributed by atoms with E-state index in [4.69, 9.17) is 11.6 Å². The number of hydrogen-bond donors (Lipinski definition) is 0. The minimum absolute atomic E-state index is 0.0764. The summed E-state index contributed by atoms with van der Waals surface area (Å²) in [5.41, 5.74) is 0.995. The molecule has 0 N–H and O–H groups in total. The van der Waals surface area contributed by atoms with Gasteiger partial charge in [0.25, 0.3) is 5.69 Å². The molecule has 0 atom stereocenters. The minimum Gasteiger partial charge on any atom is -0.363 e. The molecule has 10 heteroatoms. The molecule has 1 aliphatic heterocycles. The zero-order chi connectivity index (χ0) is 20.5. The van der Waals surface area contributed by atoms with Gasteiger partial charge in [0, 0.05) is 50.1 Å². The third kappa shape index (κ3) is 4.60. The van der Waals surface area contributed by atoms with E-state index in [9.17, 15) is 22.9 Å². The maximum absolute atomic E-state index is 13.2. The lowest BCUT2D eigenvalue weighted by molar-refractivity contribution is -0.384. The Hall–Kier alpha value is -2.23. The normalized spacial score (nSPS) is 15.6. The molecule has 1 heterocycles. The summed E-state index contributed by atoms with van der Waals surface area (Å²) in [5.74, 6) is -0.386. The number of hydrogen-bond acceptors (Lipinski definition) is 6. The Labute approximate surface area is 167 Å². The summed E-state index contributed by atoms with van der Waals surface area (Å²) in [4.78, 5) is 14.8. The first kappa shape index (κ1) is 20.5. The Morgan fingerprint density at radius 3 is 2.39 bits per heavy atom. The number of rotatable bonds is 5. The SMILES string of the molecule is CS(=O)(=O)c1ccc(N2CCN(Cc3ccc(F)cc3Cl)CC2)c([N+](=O)[O-])c1. The largest absolute Gasteiger partial charge is 0.363 e. The number of benzene rings is 2. The molecule has 0 amide bonds. The lowest BCUT2D eigenvalue weighted by atomic mass is 10.1. The Kier molecular flexibility index (Phi) is 5.87. The van der Waals surface area contributed by atoms with E-state index in [1.54, 1.807) is 6.07 Å². The summed E-state index contributed by atoms with van der Waals surface area (Å²) >= 11 is 6.08. The van der Waals surface area contributed by atoms with Gasteiger partial charge in [-0.1, -0.05) is 17.7 Å². The standard InChI is InChI=1S/C18H19ClFN3O4S/c1-28(26,27)15-4-5-17(18(11-15)23(24)25)22-8-6-21(7-9-22)12-13-2-3-14(20)10-16(13)19/h2-5,10-11H,6-9,12H2,1H3. The van der Waals surface area contributed by atoms with Gasteiger partial charge in [-0.05, 0) is 29.8 Å². The van der Waals surface area contributed by atoms with Crippen molar-refractivity contribution in [1.82, 2.24) is 4.90 Å². The van der Waals surface area contributed by atoms with E-state index in [2.05, 4.69) is 4.90 Å². The summed E-state index contributed by atoms with van der Waals surface area (Å²) < 4.78 is 36.5. The van der Waals surface area contributed by atoms with Crippen molar-refractivity contribution in [1.29, 1.82) is 0 Å². The topological polar surface area (TPSA) is 83.8 Å². The van der Waals surface area contributed by atoms with Crippen LogP contribution >= 0.6 is 11.6 Å². The van der Waals surface area contributed by atoms with E-state index in [0.717, 1.165) is 17.9 Å². The Balaban J connectivity index is 1.73. The van der Waals surface area contributed by atoms with Crippen LogP contribution in [0.3, 0.4) is 0 Å². The van der Waals surface area contributed by atoms with Gasteiger partial charge in [-0.2, -0.15) is 0 Å². The van der Waals surface area contributed by atoms with Crippen LogP contribution in [0.2, 0.25) is 5.02 Å². The summed E-state index contributed by atoms with van der Waals surface area (Å²) in [6, 6.07) is 8.28. The van der Waals surface area contributed by atoms with Crippen molar-refractivity contribution in [2.24, 2.45) is 0 Å². The van der Waals surface area contributed by atoms with Gasteiger partial charge in [-0.3, -0.25) is 15.0 Å². The van der Waals surface area contributed by atoms with E-state index in [0.29, 0.717) is 43.4 Å². The Morgan fingerprint density at radius 2 is 1.82 bits per heavy atom. The first-order valence-electron chi connectivity index (χ1n) is 8.55. The van der Waals surface area contributed by atoms with Crippen LogP contribution in [-0.4, -0.2) is 50.7 Å². The fourth-order valence-corrected chi connectivity index (χ4v) is 4.05. The van der Waals surface area contributed by atoms with Gasteiger partial charge in [0.2, 0.25) is 0 Å². The Bertz CT molecular complexity index is 1010. The van der Waals surface area contributed by atoms with Crippen molar-refractivity contribution in [3.8, 4) is 0 Å². The van der Waals surface area contributed by atoms with Crippen molar-refractivity contribution in [2.75, 3.05) is 37.3 Å². The molecular formula is C18H19ClFN3O4S. The van der Waals surface area contributed by atoms with Crippen LogP contribution in [0.1, 0.15) is 5.56 Å². The molecule has 0 unspecified atom stereocenters. The smallest absolute Gasteiger partial charge is 0.293 e. The first-order chi connectivity index (χ1) is 13.1. The second-order valence-corrected chi connectivity index (χ2v) is 9.10. The number of sulfone groups is 1. The molecule has 28 heavy (non-hydrogen) atoms. The van der Waals surface area contributed by atoms with Crippen LogP contribution in [0.15, 0.2) is 41.3 Å². The van der Waals surface area contributed by atoms with Gasteiger partial charge in [0.05, 0.1) is 9.82 Å². The van der Waals surface area contributed by atoms with Crippen LogP contribution in [0.5, 0.6) is 0 Å². The summed E-state index contributed by atoms with van der Waals surface area (Å²) in [6.45, 7) is 2.91. The molecule has 0 radical (unpaired) electrons. The van der Waals surface area contributed by atoms with E-state index in [1.165, 1.54) is 24.3 Å². The Morgan fingerprint density at radius 1 is 1.14 bits per heavy atom. The van der Waals surface area contributed by atoms with E-state index in [1.807, 2.05) is 4.90 Å². The molecule has 2 aromatic rings. The molecule has 0 saturated carbocycles. The predicted octanol–water partition coefficient (Wildman–Crippen LogP) is 3.11. The van der Waals surface area contributed by atoms with Crippen molar-refractivity contribution in [2.45, 2.75) is 11.4 Å². The fraction of sp³-hybridized carbons (Fsp3) is 0.333. The maximum atomic E-state index is 13.2. The van der Waals surface area contributed by atoms with Gasteiger partial charge in [0.1, 0.15) is 11.5 Å². The van der Waals surface area contributed by atoms with Gasteiger partial charge < -0.3 is 4.90 Å². The first-order valence-corrected chi connectivity index (χ1v) is 10.8. The number of nitrogens with zero attached hydrogens (tertiary/aromatic N) is 3. The van der Waals surface area contributed by atoms with Gasteiger partial charge in [0.15, 0.2) is 9.84 Å². The number of nitro groups is 1. The number of nitro benzene ring substituents is 1. The number of halogens is 2. The van der Waals surface area contributed by atoms with Crippen molar-refractivity contribution >= 4 is 32.8 Å². The number of anilines is 1. The van der Waals surface area contributed by atoms with Crippen LogP contribution in [0.25, 0.3) is 0 Å². The lowest BCUT2D eigenvalue weighted by Gasteiger charge is -2.36. The van der Waals surface area contributed by atoms with Gasteiger partial charge in [-0.25, -0.2) is 12.8 Å². The molecule has 1 saturated heterocycles. The molecule has 0 spiro atoms. The molecule has 150 valence electrons. The average molecular weight is 428 g/mol. The summed E-state index contributed by atoms with van der Waals surface area (Å²) in [5, 5.41) is 11.8. The zero-order valence-corrected chi connectivity index (χ0v) is 16.7. The van der Waals surface area contributed by atoms with E-state index >= 15 is 0 Å². The number of piperazine rings is 1. The second-order valence-electron chi connectivity index (χ2n) is 6.68. The predicted molar refractivity (Wildman–Crippen MR) is 105 cm³/mol. The highest BCUT2D eigenvalue weighted by Gasteiger charge is 2.26. The maximum Gasteiger partial charge on any atom is 0.293 e. The molecule has 2 aromatic carbocycles. The van der Waals surface area contributed by atoms with Gasteiger partial charge in [-0.15, -0.1) is 0 Å². The van der Waals surface area contributed by atoms with Crippen LogP contribution in [-0.2, 0) is 16.4 Å². The summed E-state index contributed by atoms with van der Waals surface area (Å²) in [6.07, 6.45) is 1.02. The molecular weight excluding hydrogens is 409 g/mol. The highest BCUT2D eigenvalue weighted by atomic mass is 35.5. The van der Waals surface area contributed by atoms with Crippen LogP contribution < -0.4 is 4.90 Å². The fourth-order valence-electron chi connectivity index (χ4n) is 3.19. The lowest BCUT2D eigenvalue weighted by Crippen LogP contribution is -2.46. The van der Waals surface area contributed by atoms with Crippen molar-refractivity contribution in [3.05, 3.63) is 62.9 Å². The van der Waals surface area contributed by atoms with Crippen LogP contribution in [0, 0.1) is 15.9 Å². The quantitative estimate of drug-likeness (QED) is 0.538. The molecule has 0 aliphatic carbocycles. The third-order valence-electron chi connectivity index (χ3n) is 4.69. The third-order valence-corrected chi connectivity index (χ3v) is 6.16. The zero-order valence-electron chi connectivity index (χ0n) is 15.1. The molecule has 7 nitrogen and oxygen atoms in total. The highest BCUT2D eigenvalue weighted by Crippen LogP contribution is 2.32. The average Bonchev–Trinajstić information content (AvgIpc) is 2.63. The molecule has 1 aliphatic rings. The van der Waals surface area contributed by atoms with Crippen molar-refractivity contribution < 1.29 is 17.7 Å². The second kappa shape index (κ2) is 8.02. The van der Waals surface area contributed by atoms with Crippen molar-refractivity contribution in [3.63, 3.8) is 0 Å². The van der Waals surface area contributed by atoms with E-state index < -0.39 is 14.8 Å². The molecule has 1 fully saturated rings. The molecule has 0 bridgehead atoms. The van der Waals surface area contributed by atoms with E-state index in [-0.39, 0.29) is 16.4 Å². The van der Waals surface area contributed by atoms with Gasteiger partial charge >= 0.3 is 0 Å². The minimum atomic E-state index is -3.53. The molecule has 0 aromatic heterocycles. The molecule has 3 rings (SSSR count). The monoisotopic (exact) mass is 427 g/mol. The van der Waals surface area contributed by atoms with Crippen LogP contribution in [0.4, 0.5) is 15.8 Å². The summed E-state index contributed by atoms with van der Waals surface area (Å²) in [7, 11) is -3.53. The highest BCUT2D eigenvalue weighted by molar-refractivity contribution is 7.90.